The van der Waals surface area contributed by atoms with Gasteiger partial charge in [0.05, 0.1) is 5.02 Å². The van der Waals surface area contributed by atoms with Crippen LogP contribution in [0.15, 0.2) is 18.2 Å². The Morgan fingerprint density at radius 3 is 2.20 bits per heavy atom. The fourth-order valence-corrected chi connectivity index (χ4v) is 2.44. The molecule has 114 valence electrons. The molecule has 1 aromatic rings. The van der Waals surface area contributed by atoms with Crippen molar-refractivity contribution in [3.8, 4) is 5.75 Å². The Balaban J connectivity index is 2.38. The first-order valence-electron chi connectivity index (χ1n) is 7.47. The monoisotopic (exact) mass is 317 g/mol. The molecule has 0 aliphatic rings. The van der Waals surface area contributed by atoms with Crippen LogP contribution in [0.25, 0.3) is 0 Å². The zero-order valence-corrected chi connectivity index (χ0v) is 14.0. The van der Waals surface area contributed by atoms with Gasteiger partial charge in [0.1, 0.15) is 12.4 Å². The minimum atomic E-state index is 0.575. The highest BCUT2D eigenvalue weighted by Gasteiger charge is 2.06. The average molecular weight is 318 g/mol. The maximum absolute atomic E-state index is 6.09. The largest absolute Gasteiger partial charge is 0.491 e. The Kier molecular flexibility index (Phi) is 9.08. The van der Waals surface area contributed by atoms with Crippen LogP contribution in [0.1, 0.15) is 39.5 Å². The van der Waals surface area contributed by atoms with Crippen LogP contribution in [0.2, 0.25) is 10.0 Å². The van der Waals surface area contributed by atoms with Crippen LogP contribution in [-0.2, 0) is 0 Å². The Hall–Kier alpha value is -0.440. The van der Waals surface area contributed by atoms with Crippen molar-refractivity contribution in [2.75, 3.05) is 26.2 Å². The van der Waals surface area contributed by atoms with Crippen LogP contribution >= 0.6 is 23.2 Å². The standard InChI is InChI=1S/C16H25Cl2NO/c1-3-5-9-19(10-6-4-2)11-12-20-16-8-7-14(17)13-15(16)18/h7-8,13H,3-6,9-12H2,1-2H3. The Labute approximate surface area is 133 Å². The number of hydrogen-bond donors (Lipinski definition) is 0. The lowest BCUT2D eigenvalue weighted by Crippen LogP contribution is -2.30. The van der Waals surface area contributed by atoms with E-state index in [2.05, 4.69) is 18.7 Å². The number of unbranched alkanes of at least 4 members (excludes halogenated alkanes) is 2. The summed E-state index contributed by atoms with van der Waals surface area (Å²) in [5, 5.41) is 1.21. The van der Waals surface area contributed by atoms with E-state index in [1.54, 1.807) is 12.1 Å². The molecule has 4 heteroatoms. The molecule has 0 unspecified atom stereocenters. The van der Waals surface area contributed by atoms with E-state index >= 15 is 0 Å². The predicted octanol–water partition coefficient (Wildman–Crippen LogP) is 5.27. The molecule has 2 nitrogen and oxygen atoms in total. The van der Waals surface area contributed by atoms with Crippen LogP contribution in [0.4, 0.5) is 0 Å². The first-order chi connectivity index (χ1) is 9.67. The van der Waals surface area contributed by atoms with Gasteiger partial charge in [-0.05, 0) is 44.1 Å². The van der Waals surface area contributed by atoms with E-state index < -0.39 is 0 Å². The summed E-state index contributed by atoms with van der Waals surface area (Å²) in [6.45, 7) is 8.35. The van der Waals surface area contributed by atoms with E-state index in [4.69, 9.17) is 27.9 Å². The summed E-state index contributed by atoms with van der Waals surface area (Å²) in [5.74, 6) is 0.710. The van der Waals surface area contributed by atoms with E-state index in [9.17, 15) is 0 Å². The number of ether oxygens (including phenoxy) is 1. The van der Waals surface area contributed by atoms with Crippen molar-refractivity contribution in [2.24, 2.45) is 0 Å². The molecule has 0 saturated heterocycles. The number of rotatable bonds is 10. The van der Waals surface area contributed by atoms with Crippen molar-refractivity contribution >= 4 is 23.2 Å². The molecule has 1 rings (SSSR count). The van der Waals surface area contributed by atoms with E-state index in [0.29, 0.717) is 22.4 Å². The fraction of sp³-hybridized carbons (Fsp3) is 0.625. The quantitative estimate of drug-likeness (QED) is 0.582. The molecule has 0 atom stereocenters. The molecule has 20 heavy (non-hydrogen) atoms. The van der Waals surface area contributed by atoms with Gasteiger partial charge >= 0.3 is 0 Å². The summed E-state index contributed by atoms with van der Waals surface area (Å²) in [7, 11) is 0. The zero-order valence-electron chi connectivity index (χ0n) is 12.5. The van der Waals surface area contributed by atoms with Crippen LogP contribution in [0, 0.1) is 0 Å². The molecule has 0 amide bonds. The number of halogens is 2. The second kappa shape index (κ2) is 10.3. The van der Waals surface area contributed by atoms with E-state index in [1.807, 2.05) is 6.07 Å². The predicted molar refractivity (Wildman–Crippen MR) is 88.2 cm³/mol. The fourth-order valence-electron chi connectivity index (χ4n) is 1.98. The molecular weight excluding hydrogens is 293 g/mol. The summed E-state index contributed by atoms with van der Waals surface area (Å²) in [6, 6.07) is 5.34. The van der Waals surface area contributed by atoms with Gasteiger partial charge < -0.3 is 4.74 Å². The van der Waals surface area contributed by atoms with Gasteiger partial charge in [0, 0.05) is 11.6 Å². The average Bonchev–Trinajstić information content (AvgIpc) is 2.43. The Morgan fingerprint density at radius 2 is 1.65 bits per heavy atom. The molecule has 0 aliphatic carbocycles. The van der Waals surface area contributed by atoms with Crippen molar-refractivity contribution in [1.82, 2.24) is 4.90 Å². The van der Waals surface area contributed by atoms with Gasteiger partial charge in [0.15, 0.2) is 0 Å². The van der Waals surface area contributed by atoms with Crippen molar-refractivity contribution in [3.05, 3.63) is 28.2 Å². The second-order valence-electron chi connectivity index (χ2n) is 4.97. The van der Waals surface area contributed by atoms with Crippen molar-refractivity contribution < 1.29 is 4.74 Å². The smallest absolute Gasteiger partial charge is 0.138 e. The minimum Gasteiger partial charge on any atom is -0.491 e. The van der Waals surface area contributed by atoms with Gasteiger partial charge in [-0.1, -0.05) is 49.9 Å². The summed E-state index contributed by atoms with van der Waals surface area (Å²) < 4.78 is 5.75. The van der Waals surface area contributed by atoms with Gasteiger partial charge in [-0.25, -0.2) is 0 Å². The Bertz CT molecular complexity index is 377. The minimum absolute atomic E-state index is 0.575. The van der Waals surface area contributed by atoms with Crippen molar-refractivity contribution in [2.45, 2.75) is 39.5 Å². The van der Waals surface area contributed by atoms with Gasteiger partial charge in [0.25, 0.3) is 0 Å². The number of nitrogens with zero attached hydrogens (tertiary/aromatic N) is 1. The molecule has 0 spiro atoms. The first-order valence-corrected chi connectivity index (χ1v) is 8.23. The summed E-state index contributed by atoms with van der Waals surface area (Å²) in [5.41, 5.74) is 0. The van der Waals surface area contributed by atoms with Crippen LogP contribution in [0.5, 0.6) is 5.75 Å². The van der Waals surface area contributed by atoms with Crippen LogP contribution in [0.3, 0.4) is 0 Å². The maximum Gasteiger partial charge on any atom is 0.138 e. The molecule has 0 saturated carbocycles. The Morgan fingerprint density at radius 1 is 1.00 bits per heavy atom. The molecule has 0 aliphatic heterocycles. The third kappa shape index (κ3) is 6.83. The van der Waals surface area contributed by atoms with Gasteiger partial charge in [-0.15, -0.1) is 0 Å². The summed E-state index contributed by atoms with van der Waals surface area (Å²) >= 11 is 12.0. The molecule has 0 heterocycles. The molecule has 1 aromatic carbocycles. The van der Waals surface area contributed by atoms with Crippen molar-refractivity contribution in [1.29, 1.82) is 0 Å². The SMILES string of the molecule is CCCCN(CCCC)CCOc1ccc(Cl)cc1Cl. The third-order valence-electron chi connectivity index (χ3n) is 3.21. The second-order valence-corrected chi connectivity index (χ2v) is 5.82. The maximum atomic E-state index is 6.09. The normalized spacial score (nSPS) is 11.1. The van der Waals surface area contributed by atoms with Gasteiger partial charge in [0.2, 0.25) is 0 Å². The molecule has 0 bridgehead atoms. The van der Waals surface area contributed by atoms with Crippen LogP contribution < -0.4 is 4.74 Å². The lowest BCUT2D eigenvalue weighted by atomic mass is 10.2. The molecule has 0 fully saturated rings. The number of hydrogen-bond acceptors (Lipinski definition) is 2. The summed E-state index contributed by atoms with van der Waals surface area (Å²) in [6.07, 6.45) is 4.94. The lowest BCUT2D eigenvalue weighted by Gasteiger charge is -2.22. The van der Waals surface area contributed by atoms with Gasteiger partial charge in [-0.2, -0.15) is 0 Å². The zero-order chi connectivity index (χ0) is 14.8. The van der Waals surface area contributed by atoms with E-state index in [1.165, 1.54) is 25.7 Å². The van der Waals surface area contributed by atoms with E-state index in [-0.39, 0.29) is 0 Å². The van der Waals surface area contributed by atoms with Crippen LogP contribution in [-0.4, -0.2) is 31.1 Å². The highest BCUT2D eigenvalue weighted by Crippen LogP contribution is 2.27. The topological polar surface area (TPSA) is 12.5 Å². The van der Waals surface area contributed by atoms with Gasteiger partial charge in [-0.3, -0.25) is 4.90 Å². The molecule has 0 radical (unpaired) electrons. The molecular formula is C16H25Cl2NO. The number of benzene rings is 1. The highest BCUT2D eigenvalue weighted by molar-refractivity contribution is 6.35. The first kappa shape index (κ1) is 17.6. The lowest BCUT2D eigenvalue weighted by molar-refractivity contribution is 0.204. The highest BCUT2D eigenvalue weighted by atomic mass is 35.5. The summed E-state index contributed by atoms with van der Waals surface area (Å²) in [4.78, 5) is 2.47. The molecule has 0 aromatic heterocycles. The van der Waals surface area contributed by atoms with E-state index in [0.717, 1.165) is 19.6 Å². The molecule has 0 N–H and O–H groups in total. The van der Waals surface area contributed by atoms with Crippen molar-refractivity contribution in [3.63, 3.8) is 0 Å². The third-order valence-corrected chi connectivity index (χ3v) is 3.75.